The van der Waals surface area contributed by atoms with Gasteiger partial charge in [-0.25, -0.2) is 14.8 Å². The molecular weight excluding hydrogens is 965 g/mol. The van der Waals surface area contributed by atoms with Crippen LogP contribution in [0.5, 0.6) is 0 Å². The van der Waals surface area contributed by atoms with Crippen molar-refractivity contribution in [2.45, 2.75) is 121 Å². The smallest absolute Gasteiger partial charge is 0.326 e. The first-order valence-corrected chi connectivity index (χ1v) is 24.9. The van der Waals surface area contributed by atoms with Gasteiger partial charge in [0, 0.05) is 43.2 Å². The Morgan fingerprint density at radius 3 is 1.67 bits per heavy atom. The molecule has 72 heavy (non-hydrogen) atoms. The Morgan fingerprint density at radius 2 is 1.17 bits per heavy atom. The van der Waals surface area contributed by atoms with E-state index in [0.29, 0.717) is 42.9 Å². The van der Waals surface area contributed by atoms with Gasteiger partial charge in [-0.05, 0) is 55.9 Å². The molecular formula is C44H70N14O13S. The number of aliphatic hydroxyl groups is 2. The lowest BCUT2D eigenvalue weighted by Crippen LogP contribution is -2.61. The summed E-state index contributed by atoms with van der Waals surface area (Å²) < 4.78 is 0. The van der Waals surface area contributed by atoms with Crippen molar-refractivity contribution < 1.29 is 63.3 Å². The summed E-state index contributed by atoms with van der Waals surface area (Å²) in [5, 5.41) is 49.1. The second-order valence-corrected chi connectivity index (χ2v) is 19.0. The number of carboxylic acid groups (broad SMARTS) is 1. The number of nitrogens with zero attached hydrogens (tertiary/aromatic N) is 3. The highest BCUT2D eigenvalue weighted by Crippen LogP contribution is 2.20. The lowest BCUT2D eigenvalue weighted by atomic mass is 10.0. The standard InChI is InChI=1S/C44H70N14O13S/c1-23(2)11-28(37(63)49-17-35(61)48-18-36(62)52-31(44(70)71)14-26-16-47-22-51-26)53-40(66)32(19-59)57-41(67)33(20-60)56-39(65)30(13-25-15-46-21-50-25)54-38(64)29(12-24(3)4)55-42(68)34-7-6-9-58(34)43(69)27(45)8-10-72-5/h15-16,21-24,27-34,59-60H,6-14,17-20,45H2,1-5H3,(H,46,50)(H,47,51)(H,48,61)(H,49,63)(H,52,62)(H,53,66)(H,54,64)(H,55,68)(H,56,65)(H,57,67)(H,70,71)/t27-,28-,29-,30-,31-,32-,33-,34-/m0/s1. The van der Waals surface area contributed by atoms with E-state index in [4.69, 9.17) is 5.73 Å². The fraction of sp³-hybridized carbons (Fsp3) is 0.636. The van der Waals surface area contributed by atoms with Crippen molar-refractivity contribution in [1.82, 2.24) is 67.4 Å². The van der Waals surface area contributed by atoms with E-state index in [2.05, 4.69) is 62.5 Å². The summed E-state index contributed by atoms with van der Waals surface area (Å²) in [6.07, 6.45) is 8.54. The van der Waals surface area contributed by atoms with Gasteiger partial charge in [0.2, 0.25) is 53.2 Å². The maximum Gasteiger partial charge on any atom is 0.326 e. The predicted molar refractivity (Wildman–Crippen MR) is 259 cm³/mol. The molecule has 1 aliphatic rings. The molecule has 2 aromatic rings. The molecule has 3 heterocycles. The SMILES string of the molecule is CSCC[C@H](N)C(=O)N1CCC[C@H]1C(=O)N[C@@H](CC(C)C)C(=O)N[C@@H](Cc1cnc[nH]1)C(=O)N[C@@H](CO)C(=O)N[C@@H](CO)C(=O)N[C@@H](CC(C)C)C(=O)NCC(=O)NCC(=O)N[C@@H](Cc1cnc[nH]1)C(=O)O. The summed E-state index contributed by atoms with van der Waals surface area (Å²) in [5.74, 6) is -8.36. The van der Waals surface area contributed by atoms with Gasteiger partial charge in [-0.2, -0.15) is 11.8 Å². The molecule has 400 valence electrons. The zero-order chi connectivity index (χ0) is 53.5. The number of aliphatic hydroxyl groups excluding tert-OH is 2. The fourth-order valence-electron chi connectivity index (χ4n) is 7.45. The molecule has 15 N–H and O–H groups in total. The van der Waals surface area contributed by atoms with Gasteiger partial charge in [-0.15, -0.1) is 0 Å². The highest BCUT2D eigenvalue weighted by atomic mass is 32.2. The number of nitrogens with two attached hydrogens (primary N) is 1. The first-order valence-electron chi connectivity index (χ1n) is 23.5. The number of likely N-dealkylation sites (tertiary alicyclic amines) is 1. The van der Waals surface area contributed by atoms with Crippen LogP contribution in [0.25, 0.3) is 0 Å². The fourth-order valence-corrected chi connectivity index (χ4v) is 7.94. The van der Waals surface area contributed by atoms with Gasteiger partial charge >= 0.3 is 5.97 Å². The van der Waals surface area contributed by atoms with Crippen LogP contribution in [0.2, 0.25) is 0 Å². The number of aliphatic carboxylic acids is 1. The Hall–Kier alpha value is -6.65. The molecule has 1 aliphatic heterocycles. The molecule has 2 aromatic heterocycles. The summed E-state index contributed by atoms with van der Waals surface area (Å²) in [5.41, 5.74) is 6.98. The lowest BCUT2D eigenvalue weighted by molar-refractivity contribution is -0.141. The molecule has 0 radical (unpaired) electrons. The summed E-state index contributed by atoms with van der Waals surface area (Å²) in [7, 11) is 0. The Labute approximate surface area is 420 Å². The second-order valence-electron chi connectivity index (χ2n) is 18.0. The molecule has 3 rings (SSSR count). The van der Waals surface area contributed by atoms with E-state index in [1.165, 1.54) is 41.7 Å². The number of carbonyl (C=O) groups is 10. The van der Waals surface area contributed by atoms with Crippen LogP contribution in [0.1, 0.15) is 71.2 Å². The first kappa shape index (κ1) is 59.7. The highest BCUT2D eigenvalue weighted by Gasteiger charge is 2.39. The number of hydrogen-bond donors (Lipinski definition) is 14. The molecule has 0 bridgehead atoms. The van der Waals surface area contributed by atoms with Gasteiger partial charge in [0.1, 0.15) is 42.3 Å². The number of nitrogens with one attached hydrogen (secondary N) is 10. The molecule has 1 fully saturated rings. The van der Waals surface area contributed by atoms with Crippen molar-refractivity contribution in [3.63, 3.8) is 0 Å². The van der Waals surface area contributed by atoms with Crippen molar-refractivity contribution in [2.75, 3.05) is 44.9 Å². The lowest BCUT2D eigenvalue weighted by Gasteiger charge is -2.29. The Bertz CT molecular complexity index is 2130. The van der Waals surface area contributed by atoms with E-state index in [-0.39, 0.29) is 43.4 Å². The number of thioether (sulfide) groups is 1. The predicted octanol–water partition coefficient (Wildman–Crippen LogP) is -4.71. The number of H-pyrrole nitrogens is 2. The van der Waals surface area contributed by atoms with Crippen molar-refractivity contribution in [2.24, 2.45) is 17.6 Å². The highest BCUT2D eigenvalue weighted by molar-refractivity contribution is 7.98. The van der Waals surface area contributed by atoms with Gasteiger partial charge < -0.3 is 78.5 Å². The quantitative estimate of drug-likeness (QED) is 0.0337. The third-order valence-electron chi connectivity index (χ3n) is 11.2. The molecule has 0 spiro atoms. The van der Waals surface area contributed by atoms with E-state index in [1.807, 2.05) is 20.1 Å². The van der Waals surface area contributed by atoms with Crippen LogP contribution >= 0.6 is 11.8 Å². The second kappa shape index (κ2) is 30.3. The zero-order valence-electron chi connectivity index (χ0n) is 41.0. The number of imidazole rings is 2. The summed E-state index contributed by atoms with van der Waals surface area (Å²) >= 11 is 1.54. The third-order valence-corrected chi connectivity index (χ3v) is 11.8. The van der Waals surface area contributed by atoms with Crippen molar-refractivity contribution in [3.05, 3.63) is 36.4 Å². The Morgan fingerprint density at radius 1 is 0.681 bits per heavy atom. The summed E-state index contributed by atoms with van der Waals surface area (Å²) in [4.78, 5) is 146. The van der Waals surface area contributed by atoms with Crippen LogP contribution in [0, 0.1) is 11.8 Å². The van der Waals surface area contributed by atoms with E-state index in [1.54, 1.807) is 13.8 Å². The molecule has 27 nitrogen and oxygen atoms in total. The number of rotatable bonds is 31. The van der Waals surface area contributed by atoms with Crippen molar-refractivity contribution in [1.29, 1.82) is 0 Å². The molecule has 0 aliphatic carbocycles. The van der Waals surface area contributed by atoms with Gasteiger partial charge in [-0.1, -0.05) is 27.7 Å². The van der Waals surface area contributed by atoms with Crippen LogP contribution in [0.3, 0.4) is 0 Å². The maximum absolute atomic E-state index is 14.0. The molecule has 8 atom stereocenters. The first-order chi connectivity index (χ1) is 34.2. The van der Waals surface area contributed by atoms with Crippen molar-refractivity contribution >= 4 is 70.9 Å². The molecule has 0 unspecified atom stereocenters. The minimum atomic E-state index is -1.75. The van der Waals surface area contributed by atoms with Crippen molar-refractivity contribution in [3.8, 4) is 0 Å². The Kier molecular flexibility index (Phi) is 25.1. The average molecular weight is 1040 g/mol. The largest absolute Gasteiger partial charge is 0.480 e. The van der Waals surface area contributed by atoms with Gasteiger partial charge in [0.05, 0.1) is 45.0 Å². The van der Waals surface area contributed by atoms with Crippen LogP contribution in [0.15, 0.2) is 25.0 Å². The van der Waals surface area contributed by atoms with Crippen LogP contribution in [0.4, 0.5) is 0 Å². The van der Waals surface area contributed by atoms with Crippen LogP contribution in [-0.2, 0) is 60.8 Å². The third kappa shape index (κ3) is 19.9. The van der Waals surface area contributed by atoms with E-state index in [0.717, 1.165) is 0 Å². The normalized spacial score (nSPS) is 16.2. The van der Waals surface area contributed by atoms with E-state index >= 15 is 0 Å². The summed E-state index contributed by atoms with van der Waals surface area (Å²) in [6, 6.07) is -10.4. The topological polar surface area (TPSA) is 414 Å². The van der Waals surface area contributed by atoms with E-state index in [9.17, 15) is 63.3 Å². The Balaban J connectivity index is 1.64. The van der Waals surface area contributed by atoms with Gasteiger partial charge in [0.25, 0.3) is 0 Å². The van der Waals surface area contributed by atoms with E-state index < -0.39 is 128 Å². The molecule has 0 aromatic carbocycles. The number of amides is 9. The molecule has 28 heteroatoms. The average Bonchev–Trinajstić information content (AvgIpc) is 4.16. The molecule has 9 amide bonds. The summed E-state index contributed by atoms with van der Waals surface area (Å²) in [6.45, 7) is 4.12. The van der Waals surface area contributed by atoms with Gasteiger partial charge in [0.15, 0.2) is 0 Å². The van der Waals surface area contributed by atoms with Crippen LogP contribution in [-0.4, -0.2) is 192 Å². The minimum Gasteiger partial charge on any atom is -0.480 e. The molecule has 1 saturated heterocycles. The number of hydrogen-bond acceptors (Lipinski definition) is 16. The number of carbonyl (C=O) groups excluding carboxylic acids is 9. The molecule has 0 saturated carbocycles. The van der Waals surface area contributed by atoms with Crippen LogP contribution < -0.4 is 48.3 Å². The number of aromatic nitrogens is 4. The van der Waals surface area contributed by atoms with Gasteiger partial charge in [-0.3, -0.25) is 43.2 Å². The maximum atomic E-state index is 14.0. The minimum absolute atomic E-state index is 0.0208. The zero-order valence-corrected chi connectivity index (χ0v) is 41.8. The monoisotopic (exact) mass is 1030 g/mol. The number of aromatic amines is 2. The number of carboxylic acids is 1.